The highest BCUT2D eigenvalue weighted by molar-refractivity contribution is 4.84. The number of likely N-dealkylation sites (tertiary alicyclic amines) is 1. The second-order valence-corrected chi connectivity index (χ2v) is 3.02. The quantitative estimate of drug-likeness (QED) is 0.377. The lowest BCUT2D eigenvalue weighted by atomic mass is 10.0. The van der Waals surface area contributed by atoms with Crippen molar-refractivity contribution in [3.05, 3.63) is 10.4 Å². The van der Waals surface area contributed by atoms with Crippen LogP contribution in [0.25, 0.3) is 10.4 Å². The molecule has 12 heavy (non-hydrogen) atoms. The molecule has 0 aliphatic carbocycles. The zero-order chi connectivity index (χ0) is 8.97. The highest BCUT2D eigenvalue weighted by atomic mass is 16.3. The van der Waals surface area contributed by atoms with E-state index in [0.717, 1.165) is 19.5 Å². The van der Waals surface area contributed by atoms with Crippen molar-refractivity contribution < 1.29 is 5.11 Å². The number of β-amino-alcohol motifs (C(OH)–C–C–N with tert-alkyl or cyclic N) is 1. The molecule has 0 bridgehead atoms. The molecule has 68 valence electrons. The van der Waals surface area contributed by atoms with Gasteiger partial charge in [-0.3, -0.25) is 0 Å². The van der Waals surface area contributed by atoms with Crippen LogP contribution in [0.1, 0.15) is 13.3 Å². The van der Waals surface area contributed by atoms with E-state index in [0.29, 0.717) is 6.54 Å². The number of hydrogen-bond donors (Lipinski definition) is 1. The lowest BCUT2D eigenvalue weighted by Gasteiger charge is -2.32. The summed E-state index contributed by atoms with van der Waals surface area (Å²) in [5.74, 6) is 0. The Hall–Kier alpha value is -0.770. The molecule has 0 aromatic carbocycles. The van der Waals surface area contributed by atoms with E-state index in [1.165, 1.54) is 0 Å². The van der Waals surface area contributed by atoms with Crippen molar-refractivity contribution in [2.45, 2.75) is 25.5 Å². The first-order valence-electron chi connectivity index (χ1n) is 4.22. The van der Waals surface area contributed by atoms with Crippen LogP contribution in [0.15, 0.2) is 5.11 Å². The molecule has 1 N–H and O–H groups in total. The number of rotatable bonds is 2. The summed E-state index contributed by atoms with van der Waals surface area (Å²) in [5.41, 5.74) is 8.19. The Labute approximate surface area is 71.6 Å². The van der Waals surface area contributed by atoms with Gasteiger partial charge in [0.1, 0.15) is 0 Å². The van der Waals surface area contributed by atoms with E-state index in [1.807, 2.05) is 0 Å². The number of piperidine rings is 1. The summed E-state index contributed by atoms with van der Waals surface area (Å²) in [6, 6.07) is -0.224. The van der Waals surface area contributed by atoms with Gasteiger partial charge in [-0.1, -0.05) is 12.0 Å². The predicted molar refractivity (Wildman–Crippen MR) is 45.7 cm³/mol. The van der Waals surface area contributed by atoms with Gasteiger partial charge in [-0.05, 0) is 25.0 Å². The largest absolute Gasteiger partial charge is 0.391 e. The number of hydrogen-bond acceptors (Lipinski definition) is 3. The molecule has 1 aliphatic heterocycles. The van der Waals surface area contributed by atoms with Gasteiger partial charge in [0, 0.05) is 11.5 Å². The minimum Gasteiger partial charge on any atom is -0.391 e. The normalized spacial score (nSPS) is 31.2. The molecular weight excluding hydrogens is 156 g/mol. The van der Waals surface area contributed by atoms with Crippen molar-refractivity contribution >= 4 is 0 Å². The number of azide groups is 1. The zero-order valence-corrected chi connectivity index (χ0v) is 7.22. The van der Waals surface area contributed by atoms with Gasteiger partial charge < -0.3 is 10.0 Å². The fourth-order valence-corrected chi connectivity index (χ4v) is 1.47. The van der Waals surface area contributed by atoms with Gasteiger partial charge in [-0.15, -0.1) is 0 Å². The fourth-order valence-electron chi connectivity index (χ4n) is 1.47. The molecule has 1 aliphatic rings. The van der Waals surface area contributed by atoms with E-state index in [1.54, 1.807) is 0 Å². The SMILES string of the molecule is CCN1CCC(N=[N+]=[N-])C(O)C1. The van der Waals surface area contributed by atoms with Crippen LogP contribution in [-0.2, 0) is 0 Å². The Bertz CT molecular complexity index is 190. The van der Waals surface area contributed by atoms with Crippen molar-refractivity contribution in [1.29, 1.82) is 0 Å². The molecule has 0 aromatic rings. The standard InChI is InChI=1S/C7H14N4O/c1-2-11-4-3-6(9-10-8)7(12)5-11/h6-7,12H,2-5H2,1H3. The summed E-state index contributed by atoms with van der Waals surface area (Å²) < 4.78 is 0. The van der Waals surface area contributed by atoms with Gasteiger partial charge in [-0.25, -0.2) is 0 Å². The van der Waals surface area contributed by atoms with E-state index in [2.05, 4.69) is 21.8 Å². The van der Waals surface area contributed by atoms with Crippen LogP contribution in [0.2, 0.25) is 0 Å². The highest BCUT2D eigenvalue weighted by Gasteiger charge is 2.25. The number of likely N-dealkylation sites (N-methyl/N-ethyl adjacent to an activating group) is 1. The minimum absolute atomic E-state index is 0.224. The topological polar surface area (TPSA) is 72.2 Å². The molecule has 0 spiro atoms. The summed E-state index contributed by atoms with van der Waals surface area (Å²) in [6.45, 7) is 4.54. The van der Waals surface area contributed by atoms with E-state index in [9.17, 15) is 5.11 Å². The number of aliphatic hydroxyl groups is 1. The zero-order valence-electron chi connectivity index (χ0n) is 7.22. The van der Waals surface area contributed by atoms with E-state index in [-0.39, 0.29) is 6.04 Å². The van der Waals surface area contributed by atoms with Crippen LogP contribution in [0.4, 0.5) is 0 Å². The molecule has 0 saturated carbocycles. The minimum atomic E-state index is -0.491. The first kappa shape index (κ1) is 9.32. The molecule has 2 atom stereocenters. The summed E-state index contributed by atoms with van der Waals surface area (Å²) in [7, 11) is 0. The highest BCUT2D eigenvalue weighted by Crippen LogP contribution is 2.13. The Morgan fingerprint density at radius 1 is 1.75 bits per heavy atom. The van der Waals surface area contributed by atoms with Gasteiger partial charge in [0.25, 0.3) is 0 Å². The Morgan fingerprint density at radius 2 is 2.50 bits per heavy atom. The maximum atomic E-state index is 9.50. The van der Waals surface area contributed by atoms with Crippen LogP contribution in [0.5, 0.6) is 0 Å². The van der Waals surface area contributed by atoms with Crippen molar-refractivity contribution in [1.82, 2.24) is 4.90 Å². The van der Waals surface area contributed by atoms with Gasteiger partial charge in [-0.2, -0.15) is 0 Å². The Kier molecular flexibility index (Phi) is 3.34. The van der Waals surface area contributed by atoms with Crippen molar-refractivity contribution in [2.75, 3.05) is 19.6 Å². The summed E-state index contributed by atoms with van der Waals surface area (Å²) in [4.78, 5) is 4.85. The fraction of sp³-hybridized carbons (Fsp3) is 1.00. The first-order chi connectivity index (χ1) is 5.77. The lowest BCUT2D eigenvalue weighted by Crippen LogP contribution is -2.45. The smallest absolute Gasteiger partial charge is 0.0752 e. The Morgan fingerprint density at radius 3 is 3.00 bits per heavy atom. The predicted octanol–water partition coefficient (Wildman–Crippen LogP) is 0.752. The van der Waals surface area contributed by atoms with Gasteiger partial charge >= 0.3 is 0 Å². The third kappa shape index (κ3) is 2.11. The van der Waals surface area contributed by atoms with E-state index >= 15 is 0 Å². The molecular formula is C7H14N4O. The van der Waals surface area contributed by atoms with Crippen LogP contribution in [-0.4, -0.2) is 41.8 Å². The molecule has 0 aromatic heterocycles. The van der Waals surface area contributed by atoms with Crippen LogP contribution >= 0.6 is 0 Å². The van der Waals surface area contributed by atoms with Crippen LogP contribution in [0, 0.1) is 0 Å². The van der Waals surface area contributed by atoms with Gasteiger partial charge in [0.15, 0.2) is 0 Å². The Balaban J connectivity index is 2.47. The van der Waals surface area contributed by atoms with Gasteiger partial charge in [0.05, 0.1) is 12.1 Å². The average Bonchev–Trinajstić information content (AvgIpc) is 2.09. The molecule has 5 nitrogen and oxygen atoms in total. The maximum absolute atomic E-state index is 9.50. The summed E-state index contributed by atoms with van der Waals surface area (Å²) in [5, 5.41) is 13.0. The number of aliphatic hydroxyl groups excluding tert-OH is 1. The third-order valence-electron chi connectivity index (χ3n) is 2.28. The first-order valence-corrected chi connectivity index (χ1v) is 4.22. The van der Waals surface area contributed by atoms with Crippen molar-refractivity contribution in [3.63, 3.8) is 0 Å². The van der Waals surface area contributed by atoms with E-state index in [4.69, 9.17) is 5.53 Å². The monoisotopic (exact) mass is 170 g/mol. The summed E-state index contributed by atoms with van der Waals surface area (Å²) >= 11 is 0. The van der Waals surface area contributed by atoms with Gasteiger partial charge in [0.2, 0.25) is 0 Å². The molecule has 2 unspecified atom stereocenters. The molecule has 5 heteroatoms. The summed E-state index contributed by atoms with van der Waals surface area (Å²) in [6.07, 6.45) is 0.272. The van der Waals surface area contributed by atoms with Crippen molar-refractivity contribution in [3.8, 4) is 0 Å². The van der Waals surface area contributed by atoms with Crippen molar-refractivity contribution in [2.24, 2.45) is 5.11 Å². The third-order valence-corrected chi connectivity index (χ3v) is 2.28. The number of nitrogens with zero attached hydrogens (tertiary/aromatic N) is 4. The van der Waals surface area contributed by atoms with Crippen LogP contribution < -0.4 is 0 Å². The second-order valence-electron chi connectivity index (χ2n) is 3.02. The average molecular weight is 170 g/mol. The molecule has 1 fully saturated rings. The van der Waals surface area contributed by atoms with E-state index < -0.39 is 6.10 Å². The molecule has 1 heterocycles. The molecule has 1 rings (SSSR count). The molecule has 1 saturated heterocycles. The van der Waals surface area contributed by atoms with Crippen LogP contribution in [0.3, 0.4) is 0 Å². The lowest BCUT2D eigenvalue weighted by molar-refractivity contribution is 0.0564. The molecule has 0 amide bonds. The molecule has 0 radical (unpaired) electrons. The second kappa shape index (κ2) is 4.30. The maximum Gasteiger partial charge on any atom is 0.0752 e.